The molecule has 0 saturated heterocycles. The average molecular weight is 242 g/mol. The Morgan fingerprint density at radius 3 is 2.59 bits per heavy atom. The molecule has 90 valence electrons. The minimum absolute atomic E-state index is 0.0483. The first kappa shape index (κ1) is 13.1. The van der Waals surface area contributed by atoms with E-state index in [9.17, 15) is 17.7 Å². The van der Waals surface area contributed by atoms with E-state index in [1.165, 1.54) is 6.92 Å². The van der Waals surface area contributed by atoms with Gasteiger partial charge in [0, 0.05) is 16.2 Å². The lowest BCUT2D eigenvalue weighted by molar-refractivity contribution is 0.112. The maximum absolute atomic E-state index is 12.3. The molecule has 0 saturated carbocycles. The fraction of sp³-hybridized carbons (Fsp3) is 0.222. The molecule has 4 nitrogen and oxygen atoms in total. The van der Waals surface area contributed by atoms with E-state index in [2.05, 4.69) is 10.0 Å². The van der Waals surface area contributed by atoms with Crippen molar-refractivity contribution in [3.63, 3.8) is 0 Å². The Labute approximate surface area is 95.1 Å². The van der Waals surface area contributed by atoms with Crippen LogP contribution in [-0.4, -0.2) is 13.3 Å². The van der Waals surface area contributed by atoms with E-state index in [-0.39, 0.29) is 16.8 Å². The van der Waals surface area contributed by atoms with E-state index >= 15 is 0 Å². The molecule has 1 rings (SSSR count). The third-order valence-corrected chi connectivity index (χ3v) is 2.23. The zero-order valence-electron chi connectivity index (χ0n) is 8.90. The number of hydrogen-bond acceptors (Lipinski definition) is 2. The van der Waals surface area contributed by atoms with Crippen molar-refractivity contribution in [3.05, 3.63) is 39.3 Å². The van der Waals surface area contributed by atoms with E-state index in [1.54, 1.807) is 0 Å². The molecular formula is C9H8BF3N3O-. The maximum atomic E-state index is 12.3. The van der Waals surface area contributed by atoms with Crippen LogP contribution in [0.1, 0.15) is 21.5 Å². The van der Waals surface area contributed by atoms with Crippen LogP contribution < -0.4 is 0 Å². The molecule has 0 aliphatic heterocycles. The van der Waals surface area contributed by atoms with Gasteiger partial charge in [0.1, 0.15) is 6.29 Å². The molecule has 0 heterocycles. The van der Waals surface area contributed by atoms with Gasteiger partial charge in [-0.05, 0) is 18.0 Å². The summed E-state index contributed by atoms with van der Waals surface area (Å²) in [5, 5.41) is 3.27. The Hall–Kier alpha value is -1.95. The van der Waals surface area contributed by atoms with Crippen molar-refractivity contribution in [2.45, 2.75) is 13.2 Å². The number of benzene rings is 1. The summed E-state index contributed by atoms with van der Waals surface area (Å²) in [5.74, 6) is 0. The minimum atomic E-state index is -4.99. The topological polar surface area (TPSA) is 65.8 Å². The Morgan fingerprint density at radius 1 is 1.47 bits per heavy atom. The van der Waals surface area contributed by atoms with Crippen molar-refractivity contribution < 1.29 is 17.7 Å². The lowest BCUT2D eigenvalue weighted by Gasteiger charge is -2.15. The fourth-order valence-electron chi connectivity index (χ4n) is 1.44. The molecule has 17 heavy (non-hydrogen) atoms. The van der Waals surface area contributed by atoms with Crippen LogP contribution in [-0.2, 0) is 6.32 Å². The van der Waals surface area contributed by atoms with E-state index in [0.717, 1.165) is 12.1 Å². The molecule has 1 aromatic carbocycles. The van der Waals surface area contributed by atoms with Gasteiger partial charge in [-0.3, -0.25) is 4.79 Å². The Bertz CT molecular complexity index is 495. The van der Waals surface area contributed by atoms with Crippen molar-refractivity contribution in [1.29, 1.82) is 0 Å². The van der Waals surface area contributed by atoms with Gasteiger partial charge in [0.2, 0.25) is 0 Å². The highest BCUT2D eigenvalue weighted by Crippen LogP contribution is 2.26. The Kier molecular flexibility index (Phi) is 3.80. The highest BCUT2D eigenvalue weighted by molar-refractivity contribution is 6.57. The molecule has 0 amide bonds. The number of halogens is 3. The zero-order chi connectivity index (χ0) is 13.1. The van der Waals surface area contributed by atoms with Gasteiger partial charge in [-0.25, -0.2) is 0 Å². The quantitative estimate of drug-likeness (QED) is 0.261. The number of carbonyl (C=O) groups excluding carboxylic acids is 1. The standard InChI is InChI=1S/C9H8BF3N3O/c1-6-8(5-17)2-7(4-10(11,12)13)3-9(6)15-16-14/h2-3,5H,4H2,1H3/q-1. The first-order valence-corrected chi connectivity index (χ1v) is 4.72. The van der Waals surface area contributed by atoms with Gasteiger partial charge in [0.25, 0.3) is 0 Å². The summed E-state index contributed by atoms with van der Waals surface area (Å²) < 4.78 is 36.8. The number of carbonyl (C=O) groups is 1. The van der Waals surface area contributed by atoms with Gasteiger partial charge in [-0.15, -0.1) is 0 Å². The number of nitrogens with zero attached hydrogens (tertiary/aromatic N) is 3. The number of rotatable bonds is 4. The van der Waals surface area contributed by atoms with Crippen LogP contribution >= 0.6 is 0 Å². The van der Waals surface area contributed by atoms with Crippen LogP contribution in [0.15, 0.2) is 17.2 Å². The van der Waals surface area contributed by atoms with Crippen molar-refractivity contribution in [2.24, 2.45) is 5.11 Å². The van der Waals surface area contributed by atoms with Gasteiger partial charge in [0.05, 0.1) is 0 Å². The minimum Gasteiger partial charge on any atom is -0.449 e. The molecule has 0 N–H and O–H groups in total. The molecule has 1 aromatic rings. The van der Waals surface area contributed by atoms with Crippen LogP contribution in [0.25, 0.3) is 10.4 Å². The molecule has 8 heteroatoms. The number of aldehydes is 1. The number of hydrogen-bond donors (Lipinski definition) is 0. The van der Waals surface area contributed by atoms with E-state index in [1.807, 2.05) is 0 Å². The Balaban J connectivity index is 3.29. The summed E-state index contributed by atoms with van der Waals surface area (Å²) in [6.07, 6.45) is -0.659. The first-order chi connectivity index (χ1) is 7.87. The molecule has 0 aliphatic rings. The van der Waals surface area contributed by atoms with E-state index in [0.29, 0.717) is 11.8 Å². The fourth-order valence-corrected chi connectivity index (χ4v) is 1.44. The summed E-state index contributed by atoms with van der Waals surface area (Å²) in [4.78, 5) is 13.2. The summed E-state index contributed by atoms with van der Waals surface area (Å²) >= 11 is 0. The van der Waals surface area contributed by atoms with Crippen LogP contribution in [0.5, 0.6) is 0 Å². The van der Waals surface area contributed by atoms with E-state index < -0.39 is 13.3 Å². The van der Waals surface area contributed by atoms with Gasteiger partial charge in [-0.1, -0.05) is 29.1 Å². The molecule has 0 bridgehead atoms. The van der Waals surface area contributed by atoms with Gasteiger partial charge >= 0.3 is 6.98 Å². The second-order valence-electron chi connectivity index (χ2n) is 3.55. The lowest BCUT2D eigenvalue weighted by Crippen LogP contribution is -2.19. The highest BCUT2D eigenvalue weighted by atomic mass is 19.4. The summed E-state index contributed by atoms with van der Waals surface area (Å²) in [6, 6.07) is 2.31. The molecule has 0 aliphatic carbocycles. The summed E-state index contributed by atoms with van der Waals surface area (Å²) in [5.41, 5.74) is 8.73. The number of azide groups is 1. The monoisotopic (exact) mass is 242 g/mol. The lowest BCUT2D eigenvalue weighted by atomic mass is 9.81. The summed E-state index contributed by atoms with van der Waals surface area (Å²) in [6.45, 7) is -3.48. The smallest absolute Gasteiger partial charge is 0.449 e. The molecule has 0 unspecified atom stereocenters. The Morgan fingerprint density at radius 2 is 2.12 bits per heavy atom. The molecule has 0 aromatic heterocycles. The van der Waals surface area contributed by atoms with Gasteiger partial charge in [0.15, 0.2) is 0 Å². The van der Waals surface area contributed by atoms with Crippen LogP contribution in [0.3, 0.4) is 0 Å². The summed E-state index contributed by atoms with van der Waals surface area (Å²) in [7, 11) is 0. The third kappa shape index (κ3) is 3.53. The van der Waals surface area contributed by atoms with Gasteiger partial charge in [-0.2, -0.15) is 0 Å². The van der Waals surface area contributed by atoms with Crippen molar-refractivity contribution in [1.82, 2.24) is 0 Å². The second kappa shape index (κ2) is 4.92. The SMILES string of the molecule is Cc1c(C=O)cc(C[B-](F)(F)F)cc1N=[N+]=[N-]. The molecular weight excluding hydrogens is 234 g/mol. The third-order valence-electron chi connectivity index (χ3n) is 2.23. The first-order valence-electron chi connectivity index (χ1n) is 4.72. The normalized spacial score (nSPS) is 10.8. The van der Waals surface area contributed by atoms with Crippen LogP contribution in [0.2, 0.25) is 0 Å². The zero-order valence-corrected chi connectivity index (χ0v) is 8.90. The maximum Gasteiger partial charge on any atom is 0.482 e. The van der Waals surface area contributed by atoms with Crippen molar-refractivity contribution in [2.75, 3.05) is 0 Å². The molecule has 0 fully saturated rings. The molecule has 0 spiro atoms. The van der Waals surface area contributed by atoms with E-state index in [4.69, 9.17) is 5.53 Å². The highest BCUT2D eigenvalue weighted by Gasteiger charge is 2.23. The second-order valence-corrected chi connectivity index (χ2v) is 3.55. The predicted octanol–water partition coefficient (Wildman–Crippen LogP) is 3.68. The van der Waals surface area contributed by atoms with Crippen molar-refractivity contribution in [3.8, 4) is 0 Å². The molecule has 0 atom stereocenters. The van der Waals surface area contributed by atoms with Crippen molar-refractivity contribution >= 4 is 19.0 Å². The molecule has 0 radical (unpaired) electrons. The van der Waals surface area contributed by atoms with Crippen LogP contribution in [0, 0.1) is 6.92 Å². The largest absolute Gasteiger partial charge is 0.482 e. The predicted molar refractivity (Wildman–Crippen MR) is 58.2 cm³/mol. The average Bonchev–Trinajstić information content (AvgIpc) is 2.20. The van der Waals surface area contributed by atoms with Crippen LogP contribution in [0.4, 0.5) is 18.6 Å². The van der Waals surface area contributed by atoms with Gasteiger partial charge < -0.3 is 12.9 Å².